The van der Waals surface area contributed by atoms with E-state index in [1.165, 1.54) is 63.2 Å². The normalized spacial score (nSPS) is 32.0. The number of fused-ring (bicyclic) bond motifs is 1. The van der Waals surface area contributed by atoms with Gasteiger partial charge in [0.2, 0.25) is 11.6 Å². The Hall–Kier alpha value is -1.91. The van der Waals surface area contributed by atoms with E-state index in [4.69, 9.17) is 9.47 Å². The number of esters is 1. The predicted molar refractivity (Wildman–Crippen MR) is 125 cm³/mol. The molecule has 0 aromatic heterocycles. The van der Waals surface area contributed by atoms with Crippen molar-refractivity contribution in [2.45, 2.75) is 77.6 Å². The van der Waals surface area contributed by atoms with Crippen LogP contribution in [0.5, 0.6) is 11.5 Å². The van der Waals surface area contributed by atoms with E-state index in [1.54, 1.807) is 0 Å². The smallest absolute Gasteiger partial charge is 0.314 e. The van der Waals surface area contributed by atoms with E-state index in [-0.39, 0.29) is 24.0 Å². The molecule has 3 nitrogen and oxygen atoms in total. The molecule has 0 bridgehead atoms. The number of carbonyl (C=O) groups excluding carboxylic acids is 1. The highest BCUT2D eigenvalue weighted by Crippen LogP contribution is 2.49. The maximum absolute atomic E-state index is 14.3. The summed E-state index contributed by atoms with van der Waals surface area (Å²) < 4.78 is 38.9. The van der Waals surface area contributed by atoms with Crippen LogP contribution >= 0.6 is 0 Å². The van der Waals surface area contributed by atoms with Gasteiger partial charge in [0.25, 0.3) is 0 Å². The molecule has 4 rings (SSSR count). The first-order chi connectivity index (χ1) is 16.0. The van der Waals surface area contributed by atoms with Crippen molar-refractivity contribution in [3.8, 4) is 11.5 Å². The lowest BCUT2D eigenvalue weighted by Gasteiger charge is -2.45. The zero-order chi connectivity index (χ0) is 23.4. The highest BCUT2D eigenvalue weighted by molar-refractivity contribution is 5.75. The number of rotatable bonds is 7. The molecule has 0 heterocycles. The summed E-state index contributed by atoms with van der Waals surface area (Å²) in [5, 5.41) is 0. The quantitative estimate of drug-likeness (QED) is 0.240. The summed E-state index contributed by atoms with van der Waals surface area (Å²) in [6.07, 6.45) is 14.7. The standard InChI is InChI=1S/C28H38F2O3/c1-3-15-32-24-13-14-25(27(30)26(24)29)33-28(31)20-9-7-19(8-10-20)22-12-11-21-16-18(4-2)5-6-23(21)17-22/h3,13-14,18-23H,1,4-12,15-17H2,2H3. The van der Waals surface area contributed by atoms with Crippen molar-refractivity contribution in [1.82, 2.24) is 0 Å². The zero-order valence-corrected chi connectivity index (χ0v) is 19.9. The van der Waals surface area contributed by atoms with Crippen LogP contribution in [0.1, 0.15) is 77.6 Å². The maximum Gasteiger partial charge on any atom is 0.314 e. The molecule has 0 aliphatic heterocycles. The molecule has 3 saturated carbocycles. The Morgan fingerprint density at radius 1 is 0.909 bits per heavy atom. The van der Waals surface area contributed by atoms with Crippen LogP contribution < -0.4 is 9.47 Å². The van der Waals surface area contributed by atoms with Crippen molar-refractivity contribution in [2.24, 2.45) is 35.5 Å². The summed E-state index contributed by atoms with van der Waals surface area (Å²) in [5.41, 5.74) is 0. The second kappa shape index (κ2) is 11.0. The third-order valence-corrected chi connectivity index (χ3v) is 8.69. The van der Waals surface area contributed by atoms with Crippen molar-refractivity contribution in [2.75, 3.05) is 6.61 Å². The highest BCUT2D eigenvalue weighted by Gasteiger charge is 2.39. The number of benzene rings is 1. The van der Waals surface area contributed by atoms with Gasteiger partial charge in [0.1, 0.15) is 6.61 Å². The molecule has 0 amide bonds. The van der Waals surface area contributed by atoms with Gasteiger partial charge in [0.15, 0.2) is 11.5 Å². The molecule has 3 aliphatic rings. The van der Waals surface area contributed by atoms with E-state index in [0.29, 0.717) is 5.92 Å². The molecule has 0 N–H and O–H groups in total. The summed E-state index contributed by atoms with van der Waals surface area (Å²) in [4.78, 5) is 12.7. The molecule has 3 aliphatic carbocycles. The Balaban J connectivity index is 1.27. The van der Waals surface area contributed by atoms with Gasteiger partial charge in [-0.1, -0.05) is 32.4 Å². The molecule has 0 spiro atoms. The van der Waals surface area contributed by atoms with E-state index in [9.17, 15) is 13.6 Å². The Labute approximate surface area is 196 Å². The van der Waals surface area contributed by atoms with E-state index in [2.05, 4.69) is 13.5 Å². The first-order valence-electron chi connectivity index (χ1n) is 12.9. The molecule has 0 radical (unpaired) electrons. The molecule has 5 heteroatoms. The predicted octanol–water partition coefficient (Wildman–Crippen LogP) is 7.48. The number of halogens is 2. The zero-order valence-electron chi connectivity index (χ0n) is 19.9. The van der Waals surface area contributed by atoms with E-state index in [0.717, 1.165) is 49.4 Å². The Morgan fingerprint density at radius 3 is 2.18 bits per heavy atom. The minimum Gasteiger partial charge on any atom is -0.486 e. The molecule has 182 valence electrons. The van der Waals surface area contributed by atoms with Crippen molar-refractivity contribution in [1.29, 1.82) is 0 Å². The summed E-state index contributed by atoms with van der Waals surface area (Å²) in [7, 11) is 0. The molecule has 33 heavy (non-hydrogen) atoms. The molecule has 4 atom stereocenters. The topological polar surface area (TPSA) is 35.5 Å². The molecule has 3 fully saturated rings. The number of hydrogen-bond donors (Lipinski definition) is 0. The molecular weight excluding hydrogens is 422 g/mol. The monoisotopic (exact) mass is 460 g/mol. The lowest BCUT2D eigenvalue weighted by atomic mass is 9.61. The lowest BCUT2D eigenvalue weighted by Crippen LogP contribution is -2.35. The first-order valence-corrected chi connectivity index (χ1v) is 12.9. The lowest BCUT2D eigenvalue weighted by molar-refractivity contribution is -0.140. The molecule has 0 saturated heterocycles. The van der Waals surface area contributed by atoms with Crippen molar-refractivity contribution in [3.05, 3.63) is 36.4 Å². The molecule has 1 aromatic rings. The third kappa shape index (κ3) is 5.60. The van der Waals surface area contributed by atoms with Crippen LogP contribution in [0.25, 0.3) is 0 Å². The summed E-state index contributed by atoms with van der Waals surface area (Å²) in [6.45, 7) is 5.89. The van der Waals surface area contributed by atoms with Crippen LogP contribution in [0.3, 0.4) is 0 Å². The van der Waals surface area contributed by atoms with Crippen LogP contribution in [0.2, 0.25) is 0 Å². The van der Waals surface area contributed by atoms with E-state index < -0.39 is 17.6 Å². The van der Waals surface area contributed by atoms with Crippen LogP contribution in [0.4, 0.5) is 8.78 Å². The highest BCUT2D eigenvalue weighted by atomic mass is 19.2. The summed E-state index contributed by atoms with van der Waals surface area (Å²) >= 11 is 0. The van der Waals surface area contributed by atoms with Gasteiger partial charge in [-0.05, 0) is 99.5 Å². The van der Waals surface area contributed by atoms with Gasteiger partial charge in [-0.2, -0.15) is 8.78 Å². The van der Waals surface area contributed by atoms with Gasteiger partial charge in [-0.15, -0.1) is 0 Å². The fourth-order valence-electron chi connectivity index (χ4n) is 6.69. The minimum atomic E-state index is -1.19. The minimum absolute atomic E-state index is 0.0698. The second-order valence-electron chi connectivity index (χ2n) is 10.5. The van der Waals surface area contributed by atoms with Crippen LogP contribution in [0.15, 0.2) is 24.8 Å². The van der Waals surface area contributed by atoms with Gasteiger partial charge >= 0.3 is 5.97 Å². The van der Waals surface area contributed by atoms with Gasteiger partial charge < -0.3 is 9.47 Å². The second-order valence-corrected chi connectivity index (χ2v) is 10.5. The Kier molecular flexibility index (Phi) is 8.08. The Bertz CT molecular complexity index is 831. The molecular formula is C28H38F2O3. The van der Waals surface area contributed by atoms with Crippen molar-refractivity contribution < 1.29 is 23.0 Å². The number of ether oxygens (including phenoxy) is 2. The summed E-state index contributed by atoms with van der Waals surface area (Å²) in [6, 6.07) is 2.54. The SMILES string of the molecule is C=CCOc1ccc(OC(=O)C2CCC(C3CCC4CC(CC)CCC4C3)CC2)c(F)c1F. The van der Waals surface area contributed by atoms with Crippen LogP contribution in [0, 0.1) is 47.1 Å². The van der Waals surface area contributed by atoms with Gasteiger partial charge in [-0.25, -0.2) is 0 Å². The van der Waals surface area contributed by atoms with Gasteiger partial charge in [0, 0.05) is 0 Å². The first kappa shape index (κ1) is 24.2. The van der Waals surface area contributed by atoms with Gasteiger partial charge in [0.05, 0.1) is 5.92 Å². The van der Waals surface area contributed by atoms with Crippen LogP contribution in [-0.2, 0) is 4.79 Å². The average molecular weight is 461 g/mol. The third-order valence-electron chi connectivity index (χ3n) is 8.69. The fourth-order valence-corrected chi connectivity index (χ4v) is 6.69. The maximum atomic E-state index is 14.3. The van der Waals surface area contributed by atoms with E-state index in [1.807, 2.05) is 0 Å². The summed E-state index contributed by atoms with van der Waals surface area (Å²) in [5.74, 6) is 0.661. The Morgan fingerprint density at radius 2 is 1.48 bits per heavy atom. The average Bonchev–Trinajstić information content (AvgIpc) is 2.85. The number of hydrogen-bond acceptors (Lipinski definition) is 3. The van der Waals surface area contributed by atoms with Crippen molar-refractivity contribution >= 4 is 5.97 Å². The number of carbonyl (C=O) groups is 1. The molecule has 1 aromatic carbocycles. The fraction of sp³-hybridized carbons (Fsp3) is 0.679. The largest absolute Gasteiger partial charge is 0.486 e. The molecule has 4 unspecified atom stereocenters. The van der Waals surface area contributed by atoms with E-state index >= 15 is 0 Å². The van der Waals surface area contributed by atoms with Gasteiger partial charge in [-0.3, -0.25) is 4.79 Å². The van der Waals surface area contributed by atoms with Crippen LogP contribution in [-0.4, -0.2) is 12.6 Å². The van der Waals surface area contributed by atoms with Crippen molar-refractivity contribution in [3.63, 3.8) is 0 Å².